The van der Waals surface area contributed by atoms with Crippen LogP contribution in [0.4, 0.5) is 10.1 Å². The zero-order valence-corrected chi connectivity index (χ0v) is 23.6. The molecular weight excluding hydrogens is 553 g/mol. The van der Waals surface area contributed by atoms with Crippen molar-refractivity contribution in [1.29, 1.82) is 0 Å². The van der Waals surface area contributed by atoms with Crippen LogP contribution in [0, 0.1) is 5.82 Å². The lowest BCUT2D eigenvalue weighted by atomic mass is 10.2. The van der Waals surface area contributed by atoms with E-state index in [-0.39, 0.29) is 24.1 Å². The molecule has 0 saturated heterocycles. The highest BCUT2D eigenvalue weighted by Crippen LogP contribution is 2.32. The van der Waals surface area contributed by atoms with E-state index < -0.39 is 5.82 Å². The maximum absolute atomic E-state index is 13.2. The van der Waals surface area contributed by atoms with E-state index in [1.807, 2.05) is 0 Å². The predicted octanol–water partition coefficient (Wildman–Crippen LogP) is 4.10. The van der Waals surface area contributed by atoms with Gasteiger partial charge in [0.1, 0.15) is 28.8 Å². The summed E-state index contributed by atoms with van der Waals surface area (Å²) in [6, 6.07) is 15.5. The molecule has 4 aromatic rings. The van der Waals surface area contributed by atoms with Gasteiger partial charge in [-0.25, -0.2) is 4.39 Å². The van der Waals surface area contributed by atoms with Crippen LogP contribution >= 0.6 is 11.8 Å². The van der Waals surface area contributed by atoms with E-state index in [1.54, 1.807) is 41.0 Å². The van der Waals surface area contributed by atoms with Gasteiger partial charge in [-0.05, 0) is 48.5 Å². The summed E-state index contributed by atoms with van der Waals surface area (Å²) < 4.78 is 36.4. The van der Waals surface area contributed by atoms with Crippen molar-refractivity contribution in [1.82, 2.24) is 20.1 Å². The summed E-state index contributed by atoms with van der Waals surface area (Å²) in [5.41, 5.74) is 1.34. The minimum atomic E-state index is -0.400. The quantitative estimate of drug-likeness (QED) is 0.238. The van der Waals surface area contributed by atoms with Gasteiger partial charge in [0.2, 0.25) is 5.91 Å². The summed E-state index contributed by atoms with van der Waals surface area (Å²) in [5, 5.41) is 14.5. The molecule has 0 fully saturated rings. The number of aromatic nitrogens is 3. The lowest BCUT2D eigenvalue weighted by molar-refractivity contribution is -0.113. The van der Waals surface area contributed by atoms with Gasteiger partial charge in [-0.2, -0.15) is 0 Å². The first kappa shape index (κ1) is 29.2. The third-order valence-electron chi connectivity index (χ3n) is 5.81. The smallest absolute Gasteiger partial charge is 0.251 e. The summed E-state index contributed by atoms with van der Waals surface area (Å²) in [7, 11) is 6.06. The maximum atomic E-state index is 13.2. The van der Waals surface area contributed by atoms with Crippen molar-refractivity contribution in [2.24, 2.45) is 0 Å². The number of hydrogen-bond donors (Lipinski definition) is 2. The zero-order chi connectivity index (χ0) is 29.4. The number of rotatable bonds is 12. The molecule has 2 N–H and O–H groups in total. The highest BCUT2D eigenvalue weighted by Gasteiger charge is 2.21. The van der Waals surface area contributed by atoms with Crippen molar-refractivity contribution in [3.05, 3.63) is 77.9 Å². The molecule has 11 nitrogen and oxygen atoms in total. The van der Waals surface area contributed by atoms with E-state index in [2.05, 4.69) is 20.8 Å². The number of anilines is 1. The number of amides is 2. The number of ether oxygens (including phenoxy) is 4. The molecule has 0 aliphatic heterocycles. The summed E-state index contributed by atoms with van der Waals surface area (Å²) >= 11 is 1.13. The Morgan fingerprint density at radius 3 is 2.17 bits per heavy atom. The van der Waals surface area contributed by atoms with Crippen LogP contribution in [0.1, 0.15) is 16.2 Å². The SMILES string of the molecule is COc1cc(OC)cc(C(=O)NCc2nnc(SCC(=O)Nc3ccc(F)cc3)n2-c2cc(OC)ccc2OC)c1. The minimum Gasteiger partial charge on any atom is -0.497 e. The highest BCUT2D eigenvalue weighted by atomic mass is 32.2. The van der Waals surface area contributed by atoms with E-state index in [0.717, 1.165) is 11.8 Å². The average molecular weight is 582 g/mol. The number of methoxy groups -OCH3 is 4. The molecule has 0 radical (unpaired) electrons. The molecule has 0 aliphatic carbocycles. The van der Waals surface area contributed by atoms with Gasteiger partial charge in [0.05, 0.1) is 46.4 Å². The molecule has 13 heteroatoms. The van der Waals surface area contributed by atoms with Gasteiger partial charge in [0.15, 0.2) is 11.0 Å². The zero-order valence-electron chi connectivity index (χ0n) is 22.8. The number of halogens is 1. The van der Waals surface area contributed by atoms with Gasteiger partial charge in [-0.3, -0.25) is 14.2 Å². The number of carbonyl (C=O) groups is 2. The first-order valence-electron chi connectivity index (χ1n) is 12.2. The first-order chi connectivity index (χ1) is 19.8. The fourth-order valence-electron chi connectivity index (χ4n) is 3.78. The third-order valence-corrected chi connectivity index (χ3v) is 6.74. The van der Waals surface area contributed by atoms with Gasteiger partial charge in [-0.1, -0.05) is 11.8 Å². The van der Waals surface area contributed by atoms with Crippen molar-refractivity contribution < 1.29 is 32.9 Å². The summed E-state index contributed by atoms with van der Waals surface area (Å²) in [5.74, 6) is 1.23. The maximum Gasteiger partial charge on any atom is 0.251 e. The first-order valence-corrected chi connectivity index (χ1v) is 13.2. The normalized spacial score (nSPS) is 10.6. The van der Waals surface area contributed by atoms with Gasteiger partial charge >= 0.3 is 0 Å². The predicted molar refractivity (Wildman–Crippen MR) is 151 cm³/mol. The van der Waals surface area contributed by atoms with E-state index in [9.17, 15) is 14.0 Å². The molecule has 0 atom stereocenters. The molecule has 214 valence electrons. The number of hydrogen-bond acceptors (Lipinski definition) is 9. The van der Waals surface area contributed by atoms with Crippen LogP contribution in [-0.2, 0) is 11.3 Å². The molecule has 1 heterocycles. The van der Waals surface area contributed by atoms with Crippen molar-refractivity contribution in [2.45, 2.75) is 11.7 Å². The van der Waals surface area contributed by atoms with E-state index in [1.165, 1.54) is 52.7 Å². The second-order valence-electron chi connectivity index (χ2n) is 8.40. The Hall–Kier alpha value is -4.78. The number of carbonyl (C=O) groups excluding carboxylic acids is 2. The molecular formula is C28H28FN5O6S. The van der Waals surface area contributed by atoms with Crippen LogP contribution in [0.3, 0.4) is 0 Å². The summed E-state index contributed by atoms with van der Waals surface area (Å²) in [4.78, 5) is 25.7. The van der Waals surface area contributed by atoms with Crippen LogP contribution in [0.15, 0.2) is 65.8 Å². The third kappa shape index (κ3) is 7.25. The molecule has 4 rings (SSSR count). The molecule has 0 spiro atoms. The monoisotopic (exact) mass is 581 g/mol. The molecule has 1 aromatic heterocycles. The van der Waals surface area contributed by atoms with Crippen LogP contribution < -0.4 is 29.6 Å². The van der Waals surface area contributed by atoms with Crippen LogP contribution in [0.25, 0.3) is 5.69 Å². The average Bonchev–Trinajstić information content (AvgIpc) is 3.41. The van der Waals surface area contributed by atoms with E-state index in [0.29, 0.717) is 50.9 Å². The van der Waals surface area contributed by atoms with Crippen LogP contribution in [-0.4, -0.2) is 60.8 Å². The number of nitrogens with one attached hydrogen (secondary N) is 2. The fourth-order valence-corrected chi connectivity index (χ4v) is 4.55. The highest BCUT2D eigenvalue weighted by molar-refractivity contribution is 7.99. The minimum absolute atomic E-state index is 0.00589. The molecule has 3 aromatic carbocycles. The number of thioether (sulfide) groups is 1. The number of benzene rings is 3. The lowest BCUT2D eigenvalue weighted by Gasteiger charge is -2.15. The van der Waals surface area contributed by atoms with Crippen molar-refractivity contribution in [3.63, 3.8) is 0 Å². The Labute approximate surface area is 240 Å². The Morgan fingerprint density at radius 1 is 0.854 bits per heavy atom. The van der Waals surface area contributed by atoms with E-state index in [4.69, 9.17) is 18.9 Å². The molecule has 2 amide bonds. The molecule has 0 aliphatic rings. The Balaban J connectivity index is 1.60. The van der Waals surface area contributed by atoms with Gasteiger partial charge in [0.25, 0.3) is 5.91 Å². The van der Waals surface area contributed by atoms with Crippen LogP contribution in [0.5, 0.6) is 23.0 Å². The molecule has 0 bridgehead atoms. The second kappa shape index (κ2) is 13.5. The molecule has 0 saturated carbocycles. The standard InChI is InChI=1S/C28H28FN5O6S/c1-37-20-9-10-24(40-4)23(14-20)34-25(15-30-27(36)17-11-21(38-2)13-22(12-17)39-3)32-33-28(34)41-16-26(35)31-19-7-5-18(29)6-8-19/h5-14H,15-16H2,1-4H3,(H,30,36)(H,31,35). The van der Waals surface area contributed by atoms with Crippen LogP contribution in [0.2, 0.25) is 0 Å². The van der Waals surface area contributed by atoms with Crippen molar-refractivity contribution in [3.8, 4) is 28.7 Å². The fraction of sp³-hybridized carbons (Fsp3) is 0.214. The summed E-state index contributed by atoms with van der Waals surface area (Å²) in [6.45, 7) is -0.00589. The second-order valence-corrected chi connectivity index (χ2v) is 9.34. The lowest BCUT2D eigenvalue weighted by Crippen LogP contribution is -2.25. The topological polar surface area (TPSA) is 126 Å². The van der Waals surface area contributed by atoms with Crippen molar-refractivity contribution in [2.75, 3.05) is 39.5 Å². The Kier molecular flexibility index (Phi) is 9.64. The van der Waals surface area contributed by atoms with Gasteiger partial charge < -0.3 is 29.6 Å². The number of nitrogens with zero attached hydrogens (tertiary/aromatic N) is 3. The molecule has 0 unspecified atom stereocenters. The van der Waals surface area contributed by atoms with E-state index >= 15 is 0 Å². The largest absolute Gasteiger partial charge is 0.497 e. The molecule has 41 heavy (non-hydrogen) atoms. The van der Waals surface area contributed by atoms with Crippen molar-refractivity contribution >= 4 is 29.3 Å². The Bertz CT molecular complexity index is 1510. The summed E-state index contributed by atoms with van der Waals surface area (Å²) in [6.07, 6.45) is 0. The Morgan fingerprint density at radius 2 is 1.54 bits per heavy atom. The van der Waals surface area contributed by atoms with Gasteiger partial charge in [0, 0.05) is 23.4 Å². The van der Waals surface area contributed by atoms with Gasteiger partial charge in [-0.15, -0.1) is 10.2 Å².